The Morgan fingerprint density at radius 3 is 2.62 bits per heavy atom. The van der Waals surface area contributed by atoms with Gasteiger partial charge in [0.2, 0.25) is 0 Å². The highest BCUT2D eigenvalue weighted by Gasteiger charge is 2.31. The summed E-state index contributed by atoms with van der Waals surface area (Å²) in [6.07, 6.45) is 1.50. The van der Waals surface area contributed by atoms with Crippen LogP contribution in [0.4, 0.5) is 11.4 Å². The van der Waals surface area contributed by atoms with Crippen molar-refractivity contribution in [1.82, 2.24) is 19.7 Å². The van der Waals surface area contributed by atoms with Crippen molar-refractivity contribution >= 4 is 46.4 Å². The van der Waals surface area contributed by atoms with Gasteiger partial charge in [-0.05, 0) is 44.5 Å². The number of carbonyl (C=O) groups excluding carboxylic acids is 2. The Bertz CT molecular complexity index is 1380. The zero-order chi connectivity index (χ0) is 25.2. The first-order chi connectivity index (χ1) is 16.0. The van der Waals surface area contributed by atoms with Gasteiger partial charge in [-0.15, -0.1) is 0 Å². The summed E-state index contributed by atoms with van der Waals surface area (Å²) in [5, 5.41) is 16.6. The Labute approximate surface area is 206 Å². The maximum absolute atomic E-state index is 13.3. The van der Waals surface area contributed by atoms with E-state index in [-0.39, 0.29) is 38.6 Å². The molecule has 172 valence electrons. The van der Waals surface area contributed by atoms with E-state index in [4.69, 9.17) is 29.8 Å². The molecule has 2 aromatic heterocycles. The molecule has 3 rings (SSSR count). The van der Waals surface area contributed by atoms with E-state index < -0.39 is 17.4 Å². The first kappa shape index (κ1) is 24.7. The number of nitrogens with one attached hydrogen (secondary N) is 1. The smallest absolute Gasteiger partial charge is 0.274 e. The fourth-order valence-corrected chi connectivity index (χ4v) is 3.44. The summed E-state index contributed by atoms with van der Waals surface area (Å²) in [5.74, 6) is -0.959. The number of rotatable bonds is 5. The van der Waals surface area contributed by atoms with Crippen LogP contribution in [0.1, 0.15) is 40.3 Å². The number of aromatic nitrogens is 3. The molecule has 1 aromatic carbocycles. The Morgan fingerprint density at radius 2 is 2.00 bits per heavy atom. The largest absolute Gasteiger partial charge is 0.324 e. The van der Waals surface area contributed by atoms with Crippen molar-refractivity contribution in [3.63, 3.8) is 0 Å². The number of hydrogen-bond donors (Lipinski definition) is 1. The van der Waals surface area contributed by atoms with Gasteiger partial charge in [-0.25, -0.2) is 14.5 Å². The number of amides is 2. The third-order valence-electron chi connectivity index (χ3n) is 5.19. The molecule has 0 radical (unpaired) electrons. The van der Waals surface area contributed by atoms with Crippen molar-refractivity contribution in [3.8, 4) is 11.9 Å². The Hall–Kier alpha value is -3.92. The summed E-state index contributed by atoms with van der Waals surface area (Å²) >= 11 is 12.3. The molecule has 0 saturated heterocycles. The van der Waals surface area contributed by atoms with Crippen molar-refractivity contribution in [2.24, 2.45) is 0 Å². The van der Waals surface area contributed by atoms with Gasteiger partial charge >= 0.3 is 0 Å². The molecule has 2 heterocycles. The van der Waals surface area contributed by atoms with Crippen LogP contribution in [0.15, 0.2) is 36.5 Å². The predicted molar refractivity (Wildman–Crippen MR) is 129 cm³/mol. The van der Waals surface area contributed by atoms with Crippen LogP contribution >= 0.6 is 23.2 Å². The standard InChI is InChI=1S/C23H19Cl2N7O2/c1-13-9-14(27-4)10-15(22(34)31(5)23(2,3)12-26)19(13)29-21(33)17-11-18(25)30-32(17)20-16(24)7-6-8-28-20/h6-11H,1-3,5H3,(H,29,33). The molecule has 0 aliphatic rings. The van der Waals surface area contributed by atoms with Gasteiger partial charge in [0.05, 0.1) is 28.9 Å². The number of carbonyl (C=O) groups is 2. The van der Waals surface area contributed by atoms with E-state index in [1.807, 2.05) is 0 Å². The van der Waals surface area contributed by atoms with Crippen LogP contribution in [0.25, 0.3) is 10.7 Å². The van der Waals surface area contributed by atoms with Crippen molar-refractivity contribution in [1.29, 1.82) is 5.26 Å². The minimum Gasteiger partial charge on any atom is -0.324 e. The Kier molecular flexibility index (Phi) is 6.92. The van der Waals surface area contributed by atoms with Crippen LogP contribution in [0.3, 0.4) is 0 Å². The van der Waals surface area contributed by atoms with Crippen LogP contribution in [0, 0.1) is 24.8 Å². The number of anilines is 1. The molecule has 0 fully saturated rings. The monoisotopic (exact) mass is 495 g/mol. The fraction of sp³-hybridized carbons (Fsp3) is 0.217. The molecular formula is C23H19Cl2N7O2. The Morgan fingerprint density at radius 1 is 1.29 bits per heavy atom. The number of nitriles is 1. The molecule has 0 saturated carbocycles. The maximum atomic E-state index is 13.3. The molecule has 0 aliphatic carbocycles. The number of benzene rings is 1. The molecular weight excluding hydrogens is 477 g/mol. The summed E-state index contributed by atoms with van der Waals surface area (Å²) < 4.78 is 1.20. The van der Waals surface area contributed by atoms with Gasteiger partial charge in [-0.2, -0.15) is 10.4 Å². The molecule has 2 amide bonds. The zero-order valence-corrected chi connectivity index (χ0v) is 20.2. The van der Waals surface area contributed by atoms with E-state index in [1.165, 1.54) is 35.0 Å². The summed E-state index contributed by atoms with van der Waals surface area (Å²) in [7, 11) is 1.48. The van der Waals surface area contributed by atoms with Crippen LogP contribution < -0.4 is 5.32 Å². The molecule has 34 heavy (non-hydrogen) atoms. The number of aryl methyl sites for hydroxylation is 1. The van der Waals surface area contributed by atoms with E-state index >= 15 is 0 Å². The first-order valence-corrected chi connectivity index (χ1v) is 10.6. The molecule has 0 spiro atoms. The number of pyridine rings is 1. The fourth-order valence-electron chi connectivity index (χ4n) is 3.06. The van der Waals surface area contributed by atoms with Gasteiger partial charge in [0, 0.05) is 19.3 Å². The second-order valence-electron chi connectivity index (χ2n) is 7.86. The molecule has 0 unspecified atom stereocenters. The van der Waals surface area contributed by atoms with E-state index in [2.05, 4.69) is 26.3 Å². The summed E-state index contributed by atoms with van der Waals surface area (Å²) in [6.45, 7) is 12.2. The molecule has 9 nitrogen and oxygen atoms in total. The topological polar surface area (TPSA) is 108 Å². The van der Waals surface area contributed by atoms with E-state index in [0.29, 0.717) is 5.56 Å². The quantitative estimate of drug-likeness (QED) is 0.497. The number of halogens is 2. The molecule has 3 aromatic rings. The summed E-state index contributed by atoms with van der Waals surface area (Å²) in [6, 6.07) is 9.57. The lowest BCUT2D eigenvalue weighted by atomic mass is 10.0. The van der Waals surface area contributed by atoms with E-state index in [9.17, 15) is 14.9 Å². The molecule has 0 bridgehead atoms. The van der Waals surface area contributed by atoms with Crippen LogP contribution in [0.5, 0.6) is 0 Å². The highest BCUT2D eigenvalue weighted by atomic mass is 35.5. The van der Waals surface area contributed by atoms with Gasteiger partial charge in [-0.1, -0.05) is 29.3 Å². The lowest BCUT2D eigenvalue weighted by Crippen LogP contribution is -2.44. The Balaban J connectivity index is 2.09. The van der Waals surface area contributed by atoms with E-state index in [1.54, 1.807) is 39.0 Å². The van der Waals surface area contributed by atoms with Crippen molar-refractivity contribution in [2.75, 3.05) is 12.4 Å². The average Bonchev–Trinajstić information content (AvgIpc) is 3.20. The molecule has 0 aliphatic heterocycles. The third kappa shape index (κ3) is 4.72. The van der Waals surface area contributed by atoms with Gasteiger partial charge < -0.3 is 10.2 Å². The number of nitrogens with zero attached hydrogens (tertiary/aromatic N) is 6. The second-order valence-corrected chi connectivity index (χ2v) is 8.65. The normalized spacial score (nSPS) is 10.8. The molecule has 1 N–H and O–H groups in total. The van der Waals surface area contributed by atoms with Crippen LogP contribution in [0.2, 0.25) is 10.2 Å². The van der Waals surface area contributed by atoms with Crippen molar-refractivity contribution in [3.05, 3.63) is 74.9 Å². The summed E-state index contributed by atoms with van der Waals surface area (Å²) in [4.78, 5) is 35.4. The number of hydrogen-bond acceptors (Lipinski definition) is 5. The van der Waals surface area contributed by atoms with Crippen molar-refractivity contribution in [2.45, 2.75) is 26.3 Å². The molecule has 11 heteroatoms. The van der Waals surface area contributed by atoms with E-state index in [0.717, 1.165) is 0 Å². The maximum Gasteiger partial charge on any atom is 0.274 e. The molecule has 0 atom stereocenters. The lowest BCUT2D eigenvalue weighted by Gasteiger charge is -2.30. The minimum atomic E-state index is -1.12. The SMILES string of the molecule is [C-]#[N+]c1cc(C)c(NC(=O)c2cc(Cl)nn2-c2ncccc2Cl)c(C(=O)N(C)C(C)(C)C#N)c1. The van der Waals surface area contributed by atoms with Gasteiger partial charge in [0.25, 0.3) is 11.8 Å². The van der Waals surface area contributed by atoms with Crippen LogP contribution in [-0.2, 0) is 0 Å². The van der Waals surface area contributed by atoms with Crippen LogP contribution in [-0.4, -0.2) is 44.1 Å². The zero-order valence-electron chi connectivity index (χ0n) is 18.7. The third-order valence-corrected chi connectivity index (χ3v) is 5.67. The second kappa shape index (κ2) is 9.52. The van der Waals surface area contributed by atoms with Gasteiger partial charge in [-0.3, -0.25) is 9.59 Å². The predicted octanol–water partition coefficient (Wildman–Crippen LogP) is 5.06. The average molecular weight is 496 g/mol. The van der Waals surface area contributed by atoms with Gasteiger partial charge in [0.15, 0.2) is 16.7 Å². The highest BCUT2D eigenvalue weighted by molar-refractivity contribution is 6.32. The first-order valence-electron chi connectivity index (χ1n) is 9.89. The summed E-state index contributed by atoms with van der Waals surface area (Å²) in [5.41, 5.74) is -0.125. The van der Waals surface area contributed by atoms with Gasteiger partial charge in [0.1, 0.15) is 11.2 Å². The highest BCUT2D eigenvalue weighted by Crippen LogP contribution is 2.31. The lowest BCUT2D eigenvalue weighted by molar-refractivity contribution is 0.0699. The van der Waals surface area contributed by atoms with Crippen molar-refractivity contribution < 1.29 is 9.59 Å². The minimum absolute atomic E-state index is 0.0309.